The second-order valence-electron chi connectivity index (χ2n) is 4.31. The molecular weight excluding hydrogens is 240 g/mol. The van der Waals surface area contributed by atoms with Gasteiger partial charge in [-0.05, 0) is 31.9 Å². The first kappa shape index (κ1) is 13.9. The van der Waals surface area contributed by atoms with Gasteiger partial charge in [-0.3, -0.25) is 10.1 Å². The van der Waals surface area contributed by atoms with Crippen LogP contribution in [0.2, 0.25) is 0 Å². The van der Waals surface area contributed by atoms with Crippen molar-refractivity contribution >= 4 is 18.1 Å². The normalized spacial score (nSPS) is 19.5. The molecule has 17 heavy (non-hydrogen) atoms. The van der Waals surface area contributed by atoms with Crippen molar-refractivity contribution < 1.29 is 4.92 Å². The number of hydrogen-bond acceptors (Lipinski definition) is 3. The summed E-state index contributed by atoms with van der Waals surface area (Å²) in [7, 11) is 0. The molecule has 5 heteroatoms. The van der Waals surface area contributed by atoms with Gasteiger partial charge in [0.1, 0.15) is 0 Å². The lowest BCUT2D eigenvalue weighted by molar-refractivity contribution is -0.385. The first-order chi connectivity index (χ1) is 7.68. The van der Waals surface area contributed by atoms with Crippen molar-refractivity contribution in [1.82, 2.24) is 5.32 Å². The molecular formula is C12H17ClN2O2. The Bertz CT molecular complexity index is 403. The molecule has 0 spiro atoms. The Hall–Kier alpha value is -1.13. The Morgan fingerprint density at radius 1 is 1.41 bits per heavy atom. The fourth-order valence-electron chi connectivity index (χ4n) is 2.18. The molecule has 0 aromatic heterocycles. The maximum atomic E-state index is 10.8. The second-order valence-corrected chi connectivity index (χ2v) is 4.31. The van der Waals surface area contributed by atoms with Crippen LogP contribution >= 0.6 is 12.4 Å². The molecule has 0 aliphatic carbocycles. The van der Waals surface area contributed by atoms with E-state index in [1.807, 2.05) is 12.1 Å². The van der Waals surface area contributed by atoms with Crippen LogP contribution < -0.4 is 5.32 Å². The maximum Gasteiger partial charge on any atom is 0.272 e. The number of nitrogens with zero attached hydrogens (tertiary/aromatic N) is 1. The molecule has 1 aromatic carbocycles. The molecule has 0 saturated carbocycles. The van der Waals surface area contributed by atoms with Crippen LogP contribution in [0.25, 0.3) is 0 Å². The van der Waals surface area contributed by atoms with E-state index in [0.29, 0.717) is 0 Å². The molecule has 1 aromatic rings. The van der Waals surface area contributed by atoms with Crippen LogP contribution in [0.3, 0.4) is 0 Å². The number of rotatable bonds is 2. The molecule has 4 nitrogen and oxygen atoms in total. The molecule has 1 heterocycles. The molecule has 0 amide bonds. The number of nitrogens with one attached hydrogen (secondary N) is 1. The van der Waals surface area contributed by atoms with Crippen LogP contribution in [0.5, 0.6) is 0 Å². The van der Waals surface area contributed by atoms with E-state index < -0.39 is 0 Å². The maximum absolute atomic E-state index is 10.8. The molecule has 1 atom stereocenters. The minimum absolute atomic E-state index is 0. The first-order valence-corrected chi connectivity index (χ1v) is 5.67. The Balaban J connectivity index is 0.00000144. The summed E-state index contributed by atoms with van der Waals surface area (Å²) in [6.45, 7) is 2.78. The van der Waals surface area contributed by atoms with Gasteiger partial charge < -0.3 is 5.32 Å². The predicted molar refractivity (Wildman–Crippen MR) is 69.7 cm³/mol. The molecule has 1 aliphatic rings. The minimum Gasteiger partial charge on any atom is -0.310 e. The van der Waals surface area contributed by atoms with E-state index in [1.165, 1.54) is 12.8 Å². The summed E-state index contributed by atoms with van der Waals surface area (Å²) in [6, 6.07) is 5.82. The van der Waals surface area contributed by atoms with Crippen molar-refractivity contribution in [2.24, 2.45) is 0 Å². The van der Waals surface area contributed by atoms with Gasteiger partial charge in [-0.25, -0.2) is 0 Å². The van der Waals surface area contributed by atoms with Crippen LogP contribution in [0, 0.1) is 17.0 Å². The number of nitro benzene ring substituents is 1. The van der Waals surface area contributed by atoms with Crippen molar-refractivity contribution in [1.29, 1.82) is 0 Å². The van der Waals surface area contributed by atoms with E-state index in [1.54, 1.807) is 13.0 Å². The Kier molecular flexibility index (Phi) is 4.90. The number of benzene rings is 1. The van der Waals surface area contributed by atoms with Gasteiger partial charge in [-0.15, -0.1) is 12.4 Å². The molecule has 1 fully saturated rings. The quantitative estimate of drug-likeness (QED) is 0.653. The lowest BCUT2D eigenvalue weighted by atomic mass is 9.96. The highest BCUT2D eigenvalue weighted by atomic mass is 35.5. The topological polar surface area (TPSA) is 55.2 Å². The van der Waals surface area contributed by atoms with Crippen LogP contribution in [-0.4, -0.2) is 11.5 Å². The number of piperidine rings is 1. The smallest absolute Gasteiger partial charge is 0.272 e. The van der Waals surface area contributed by atoms with Crippen molar-refractivity contribution in [2.75, 3.05) is 6.54 Å². The largest absolute Gasteiger partial charge is 0.310 e. The minimum atomic E-state index is -0.304. The van der Waals surface area contributed by atoms with Gasteiger partial charge >= 0.3 is 0 Å². The van der Waals surface area contributed by atoms with Crippen molar-refractivity contribution in [3.63, 3.8) is 0 Å². The third kappa shape index (κ3) is 3.17. The monoisotopic (exact) mass is 256 g/mol. The van der Waals surface area contributed by atoms with Gasteiger partial charge in [-0.2, -0.15) is 0 Å². The zero-order valence-electron chi connectivity index (χ0n) is 9.81. The standard InChI is InChI=1S/C12H16N2O2.ClH/c1-9-5-6-10(8-12(9)14(15)16)11-4-2-3-7-13-11;/h5-6,8,11,13H,2-4,7H2,1H3;1H/t11-;/m0./s1. The Morgan fingerprint density at radius 3 is 2.76 bits per heavy atom. The van der Waals surface area contributed by atoms with E-state index in [0.717, 1.165) is 24.1 Å². The van der Waals surface area contributed by atoms with E-state index in [2.05, 4.69) is 5.32 Å². The highest BCUT2D eigenvalue weighted by molar-refractivity contribution is 5.85. The average molecular weight is 257 g/mol. The molecule has 1 aliphatic heterocycles. The molecule has 2 rings (SSSR count). The fourth-order valence-corrected chi connectivity index (χ4v) is 2.18. The molecule has 0 radical (unpaired) electrons. The number of aryl methyl sites for hydroxylation is 1. The van der Waals surface area contributed by atoms with E-state index in [9.17, 15) is 10.1 Å². The van der Waals surface area contributed by atoms with E-state index >= 15 is 0 Å². The Morgan fingerprint density at radius 2 is 2.18 bits per heavy atom. The second kappa shape index (κ2) is 5.98. The van der Waals surface area contributed by atoms with Gasteiger partial charge in [0.2, 0.25) is 0 Å². The molecule has 1 N–H and O–H groups in total. The summed E-state index contributed by atoms with van der Waals surface area (Å²) in [6.07, 6.45) is 3.46. The van der Waals surface area contributed by atoms with Crippen LogP contribution in [0.4, 0.5) is 5.69 Å². The summed E-state index contributed by atoms with van der Waals surface area (Å²) in [5, 5.41) is 14.2. The highest BCUT2D eigenvalue weighted by Gasteiger charge is 2.18. The van der Waals surface area contributed by atoms with Crippen molar-refractivity contribution in [3.05, 3.63) is 39.4 Å². The summed E-state index contributed by atoms with van der Waals surface area (Å²) < 4.78 is 0. The van der Waals surface area contributed by atoms with Gasteiger partial charge in [0.05, 0.1) is 4.92 Å². The van der Waals surface area contributed by atoms with Gasteiger partial charge in [-0.1, -0.05) is 18.6 Å². The summed E-state index contributed by atoms with van der Waals surface area (Å²) in [4.78, 5) is 10.5. The molecule has 1 saturated heterocycles. The number of halogens is 1. The van der Waals surface area contributed by atoms with E-state index in [4.69, 9.17) is 0 Å². The van der Waals surface area contributed by atoms with Crippen molar-refractivity contribution in [3.8, 4) is 0 Å². The third-order valence-electron chi connectivity index (χ3n) is 3.14. The van der Waals surface area contributed by atoms with Gasteiger partial charge in [0, 0.05) is 17.7 Å². The van der Waals surface area contributed by atoms with Crippen LogP contribution in [0.1, 0.15) is 36.4 Å². The molecule has 94 valence electrons. The molecule has 0 unspecified atom stereocenters. The Labute approximate surface area is 107 Å². The van der Waals surface area contributed by atoms with Crippen LogP contribution in [0.15, 0.2) is 18.2 Å². The zero-order chi connectivity index (χ0) is 11.5. The van der Waals surface area contributed by atoms with Gasteiger partial charge in [0.15, 0.2) is 0 Å². The number of hydrogen-bond donors (Lipinski definition) is 1. The van der Waals surface area contributed by atoms with Gasteiger partial charge in [0.25, 0.3) is 5.69 Å². The van der Waals surface area contributed by atoms with Crippen LogP contribution in [-0.2, 0) is 0 Å². The summed E-state index contributed by atoms with van der Waals surface area (Å²) >= 11 is 0. The lowest BCUT2D eigenvalue weighted by Gasteiger charge is -2.23. The fraction of sp³-hybridized carbons (Fsp3) is 0.500. The molecule has 0 bridgehead atoms. The first-order valence-electron chi connectivity index (χ1n) is 5.67. The zero-order valence-corrected chi connectivity index (χ0v) is 10.6. The van der Waals surface area contributed by atoms with E-state index in [-0.39, 0.29) is 29.1 Å². The van der Waals surface area contributed by atoms with Crippen molar-refractivity contribution in [2.45, 2.75) is 32.2 Å². The summed E-state index contributed by atoms with van der Waals surface area (Å²) in [5.74, 6) is 0. The lowest BCUT2D eigenvalue weighted by Crippen LogP contribution is -2.26. The highest BCUT2D eigenvalue weighted by Crippen LogP contribution is 2.27. The predicted octanol–water partition coefficient (Wildman–Crippen LogP) is 3.14. The summed E-state index contributed by atoms with van der Waals surface area (Å²) in [5.41, 5.74) is 1.99. The third-order valence-corrected chi connectivity index (χ3v) is 3.14. The SMILES string of the molecule is Cc1ccc([C@@H]2CCCCN2)cc1[N+](=O)[O-].Cl. The average Bonchev–Trinajstić information content (AvgIpc) is 2.30. The number of nitro groups is 1.